The van der Waals surface area contributed by atoms with Crippen molar-refractivity contribution in [3.63, 3.8) is 0 Å². The van der Waals surface area contributed by atoms with Crippen LogP contribution in [0.3, 0.4) is 0 Å². The summed E-state index contributed by atoms with van der Waals surface area (Å²) in [6.07, 6.45) is 2.90. The van der Waals surface area contributed by atoms with Crippen LogP contribution >= 0.6 is 11.6 Å². The van der Waals surface area contributed by atoms with E-state index in [1.807, 2.05) is 12.1 Å². The molecule has 1 atom stereocenters. The fourth-order valence-corrected chi connectivity index (χ4v) is 1.82. The largest absolute Gasteiger partial charge is 0.315 e. The third-order valence-electron chi connectivity index (χ3n) is 2.48. The third kappa shape index (κ3) is 2.44. The number of nitrogens with zero attached hydrogens (tertiary/aromatic N) is 1. The van der Waals surface area contributed by atoms with Crippen LogP contribution in [0.2, 0.25) is 5.15 Å². The van der Waals surface area contributed by atoms with E-state index in [0.29, 0.717) is 11.2 Å². The highest BCUT2D eigenvalue weighted by Gasteiger charge is 2.13. The second-order valence-corrected chi connectivity index (χ2v) is 3.88. The molecule has 0 aliphatic carbocycles. The van der Waals surface area contributed by atoms with E-state index in [4.69, 9.17) is 11.6 Å². The summed E-state index contributed by atoms with van der Waals surface area (Å²) in [5.74, 6) is 0. The van der Waals surface area contributed by atoms with Gasteiger partial charge in [0.05, 0.1) is 0 Å². The summed E-state index contributed by atoms with van der Waals surface area (Å²) < 4.78 is 0. The Morgan fingerprint density at radius 1 is 1.64 bits per heavy atom. The highest BCUT2D eigenvalue weighted by molar-refractivity contribution is 6.30. The number of rotatable bonds is 3. The highest BCUT2D eigenvalue weighted by atomic mass is 35.5. The summed E-state index contributed by atoms with van der Waals surface area (Å²) in [6.45, 7) is 2.97. The van der Waals surface area contributed by atoms with Gasteiger partial charge >= 0.3 is 0 Å². The first-order chi connectivity index (χ1) is 6.86. The van der Waals surface area contributed by atoms with Gasteiger partial charge in [0.25, 0.3) is 0 Å². The molecule has 1 aromatic rings. The van der Waals surface area contributed by atoms with Crippen molar-refractivity contribution in [1.29, 1.82) is 0 Å². The lowest BCUT2D eigenvalue weighted by molar-refractivity contribution is 0.547. The van der Waals surface area contributed by atoms with Gasteiger partial charge in [0.15, 0.2) is 0 Å². The predicted molar refractivity (Wildman–Crippen MR) is 57.4 cm³/mol. The van der Waals surface area contributed by atoms with Crippen LogP contribution in [0.25, 0.3) is 0 Å². The van der Waals surface area contributed by atoms with Crippen LogP contribution in [0.4, 0.5) is 0 Å². The highest BCUT2D eigenvalue weighted by Crippen LogP contribution is 2.11. The monoisotopic (exact) mass is 211 g/mol. The van der Waals surface area contributed by atoms with Crippen LogP contribution in [0.1, 0.15) is 12.0 Å². The molecule has 0 amide bonds. The quantitative estimate of drug-likeness (QED) is 0.738. The Morgan fingerprint density at radius 3 is 3.29 bits per heavy atom. The smallest absolute Gasteiger partial charge is 0.133 e. The first-order valence-electron chi connectivity index (χ1n) is 4.90. The lowest BCUT2D eigenvalue weighted by Gasteiger charge is -2.11. The normalized spacial score (nSPS) is 21.4. The van der Waals surface area contributed by atoms with E-state index in [9.17, 15) is 0 Å². The molecule has 3 nitrogen and oxygen atoms in total. The Labute approximate surface area is 88.9 Å². The van der Waals surface area contributed by atoms with Crippen molar-refractivity contribution in [3.05, 3.63) is 29.0 Å². The average molecular weight is 212 g/mol. The summed E-state index contributed by atoms with van der Waals surface area (Å²) in [7, 11) is 0. The second kappa shape index (κ2) is 4.73. The number of hydrogen-bond donors (Lipinski definition) is 2. The van der Waals surface area contributed by atoms with Gasteiger partial charge in [-0.25, -0.2) is 4.98 Å². The van der Waals surface area contributed by atoms with Crippen molar-refractivity contribution in [2.24, 2.45) is 0 Å². The molecule has 0 bridgehead atoms. The van der Waals surface area contributed by atoms with Crippen molar-refractivity contribution in [2.45, 2.75) is 19.0 Å². The van der Waals surface area contributed by atoms with E-state index >= 15 is 0 Å². The molecule has 1 aliphatic heterocycles. The minimum Gasteiger partial charge on any atom is -0.315 e. The number of halogens is 1. The van der Waals surface area contributed by atoms with E-state index in [0.717, 1.165) is 25.2 Å². The van der Waals surface area contributed by atoms with Gasteiger partial charge < -0.3 is 10.6 Å². The number of nitrogens with one attached hydrogen (secondary N) is 2. The average Bonchev–Trinajstić information content (AvgIpc) is 2.69. The zero-order chi connectivity index (χ0) is 9.80. The molecule has 0 radical (unpaired) electrons. The summed E-state index contributed by atoms with van der Waals surface area (Å²) >= 11 is 5.94. The summed E-state index contributed by atoms with van der Waals surface area (Å²) in [5, 5.41) is 7.37. The lowest BCUT2D eigenvalue weighted by Crippen LogP contribution is -2.30. The fourth-order valence-electron chi connectivity index (χ4n) is 1.63. The summed E-state index contributed by atoms with van der Waals surface area (Å²) in [6, 6.07) is 4.49. The first kappa shape index (κ1) is 9.90. The molecule has 0 aromatic carbocycles. The second-order valence-electron chi connectivity index (χ2n) is 3.52. The van der Waals surface area contributed by atoms with Crippen molar-refractivity contribution in [3.8, 4) is 0 Å². The summed E-state index contributed by atoms with van der Waals surface area (Å²) in [4.78, 5) is 4.03. The predicted octanol–water partition coefficient (Wildman–Crippen LogP) is 1.19. The molecule has 1 aliphatic rings. The van der Waals surface area contributed by atoms with Gasteiger partial charge in [0.1, 0.15) is 5.15 Å². The Kier molecular flexibility index (Phi) is 3.35. The van der Waals surface area contributed by atoms with Crippen molar-refractivity contribution in [2.75, 3.05) is 13.1 Å². The first-order valence-corrected chi connectivity index (χ1v) is 5.27. The van der Waals surface area contributed by atoms with Crippen molar-refractivity contribution >= 4 is 11.6 Å². The van der Waals surface area contributed by atoms with Gasteiger partial charge in [-0.1, -0.05) is 17.7 Å². The summed E-state index contributed by atoms with van der Waals surface area (Å²) in [5.41, 5.74) is 1.07. The van der Waals surface area contributed by atoms with Crippen LogP contribution in [-0.2, 0) is 6.54 Å². The molecular weight excluding hydrogens is 198 g/mol. The standard InChI is InChI=1S/C10H14ClN3/c11-10-8(2-1-4-13-10)6-14-9-3-5-12-7-9/h1-2,4,9,12,14H,3,5-7H2. The van der Waals surface area contributed by atoms with E-state index in [1.54, 1.807) is 6.20 Å². The maximum atomic E-state index is 5.94. The van der Waals surface area contributed by atoms with Gasteiger partial charge in [-0.2, -0.15) is 0 Å². The van der Waals surface area contributed by atoms with Crippen molar-refractivity contribution in [1.82, 2.24) is 15.6 Å². The minimum atomic E-state index is 0.575. The van der Waals surface area contributed by atoms with Crippen LogP contribution < -0.4 is 10.6 Å². The molecule has 4 heteroatoms. The Morgan fingerprint density at radius 2 is 2.57 bits per heavy atom. The van der Waals surface area contributed by atoms with Gasteiger partial charge in [0.2, 0.25) is 0 Å². The van der Waals surface area contributed by atoms with E-state index in [-0.39, 0.29) is 0 Å². The Hall–Kier alpha value is -0.640. The number of hydrogen-bond acceptors (Lipinski definition) is 3. The van der Waals surface area contributed by atoms with Crippen LogP contribution in [-0.4, -0.2) is 24.1 Å². The maximum absolute atomic E-state index is 5.94. The van der Waals surface area contributed by atoms with Gasteiger partial charge in [-0.15, -0.1) is 0 Å². The van der Waals surface area contributed by atoms with Crippen LogP contribution in [0.5, 0.6) is 0 Å². The SMILES string of the molecule is Clc1ncccc1CNC1CCNC1. The molecule has 1 fully saturated rings. The van der Waals surface area contributed by atoms with E-state index in [2.05, 4.69) is 15.6 Å². The molecule has 1 saturated heterocycles. The molecule has 14 heavy (non-hydrogen) atoms. The van der Waals surface area contributed by atoms with Gasteiger partial charge in [-0.05, 0) is 19.0 Å². The van der Waals surface area contributed by atoms with Gasteiger partial charge in [-0.3, -0.25) is 0 Å². The Balaban J connectivity index is 1.88. The molecule has 0 spiro atoms. The van der Waals surface area contributed by atoms with Crippen molar-refractivity contribution < 1.29 is 0 Å². The molecule has 1 aromatic heterocycles. The molecule has 1 unspecified atom stereocenters. The fraction of sp³-hybridized carbons (Fsp3) is 0.500. The van der Waals surface area contributed by atoms with E-state index < -0.39 is 0 Å². The lowest BCUT2D eigenvalue weighted by atomic mass is 10.2. The molecular formula is C10H14ClN3. The van der Waals surface area contributed by atoms with Crippen LogP contribution in [0.15, 0.2) is 18.3 Å². The number of pyridine rings is 1. The van der Waals surface area contributed by atoms with Gasteiger partial charge in [0, 0.05) is 30.9 Å². The molecule has 76 valence electrons. The maximum Gasteiger partial charge on any atom is 0.133 e. The topological polar surface area (TPSA) is 37.0 Å². The molecule has 0 saturated carbocycles. The third-order valence-corrected chi connectivity index (χ3v) is 2.82. The zero-order valence-electron chi connectivity index (χ0n) is 7.96. The number of aromatic nitrogens is 1. The molecule has 2 heterocycles. The molecule has 2 N–H and O–H groups in total. The Bertz CT molecular complexity index is 297. The zero-order valence-corrected chi connectivity index (χ0v) is 8.72. The van der Waals surface area contributed by atoms with Crippen LogP contribution in [0, 0.1) is 0 Å². The minimum absolute atomic E-state index is 0.575. The van der Waals surface area contributed by atoms with E-state index in [1.165, 1.54) is 6.42 Å². The molecule has 2 rings (SSSR count).